The molecule has 0 bridgehead atoms. The van der Waals surface area contributed by atoms with Crippen molar-refractivity contribution in [1.29, 1.82) is 0 Å². The summed E-state index contributed by atoms with van der Waals surface area (Å²) in [6.07, 6.45) is 3.50. The van der Waals surface area contributed by atoms with Gasteiger partial charge in [-0.05, 0) is 56.2 Å². The van der Waals surface area contributed by atoms with Gasteiger partial charge in [-0.25, -0.2) is 0 Å². The number of thiol groups is 1. The van der Waals surface area contributed by atoms with E-state index in [1.54, 1.807) is 6.92 Å². The van der Waals surface area contributed by atoms with Crippen molar-refractivity contribution in [2.75, 3.05) is 25.1 Å². The topological polar surface area (TPSA) is 133 Å². The molecule has 0 saturated carbocycles. The molecule has 1 heterocycles. The number of rotatable bonds is 11. The second-order valence-electron chi connectivity index (χ2n) is 8.25. The lowest BCUT2D eigenvalue weighted by Crippen LogP contribution is -2.31. The predicted molar refractivity (Wildman–Crippen MR) is 162 cm³/mol. The van der Waals surface area contributed by atoms with E-state index in [0.29, 0.717) is 49.8 Å². The van der Waals surface area contributed by atoms with Gasteiger partial charge in [0.25, 0.3) is 6.47 Å². The zero-order chi connectivity index (χ0) is 30.8. The van der Waals surface area contributed by atoms with Crippen LogP contribution >= 0.6 is 12.6 Å². The number of hydrogen-bond acceptors (Lipinski definition) is 7. The Labute approximate surface area is 241 Å². The number of ether oxygens (including phenoxy) is 1. The van der Waals surface area contributed by atoms with E-state index in [1.807, 2.05) is 45.9 Å². The number of carboxylic acid groups (broad SMARTS) is 1. The molecular formula is C29H52N2O7S. The number of hydrogen-bond donors (Lipinski definition) is 4. The van der Waals surface area contributed by atoms with Gasteiger partial charge in [-0.1, -0.05) is 54.5 Å². The van der Waals surface area contributed by atoms with Crippen molar-refractivity contribution in [2.45, 2.75) is 99.2 Å². The molecule has 0 spiro atoms. The van der Waals surface area contributed by atoms with Gasteiger partial charge in [-0.3, -0.25) is 24.1 Å². The molecule has 9 nitrogen and oxygen atoms in total. The Balaban J connectivity index is -0.00000114. The van der Waals surface area contributed by atoms with E-state index in [4.69, 9.17) is 19.7 Å². The van der Waals surface area contributed by atoms with Crippen LogP contribution in [0.1, 0.15) is 93.1 Å². The van der Waals surface area contributed by atoms with Crippen molar-refractivity contribution in [3.63, 3.8) is 0 Å². The van der Waals surface area contributed by atoms with E-state index < -0.39 is 5.25 Å². The van der Waals surface area contributed by atoms with Crippen LogP contribution in [-0.4, -0.2) is 64.3 Å². The molecule has 39 heavy (non-hydrogen) atoms. The Kier molecular flexibility index (Phi) is 28.3. The molecule has 1 saturated heterocycles. The average Bonchev–Trinajstić information content (AvgIpc) is 3.16. The summed E-state index contributed by atoms with van der Waals surface area (Å²) in [4.78, 5) is 45.6. The van der Waals surface area contributed by atoms with Crippen LogP contribution in [0.3, 0.4) is 0 Å². The van der Waals surface area contributed by atoms with Crippen LogP contribution in [-0.2, 0) is 25.6 Å². The van der Waals surface area contributed by atoms with Crippen molar-refractivity contribution in [1.82, 2.24) is 4.90 Å². The Morgan fingerprint density at radius 3 is 2.21 bits per heavy atom. The molecule has 1 aromatic carbocycles. The minimum Gasteiger partial charge on any atom is -0.491 e. The van der Waals surface area contributed by atoms with Crippen LogP contribution < -0.4 is 10.1 Å². The standard InChI is InChI=1S/C22H32N2O4S.C2H6O.2C2H6.CH2O2/c1-4-16-8-9-18(28-12-10-15(2)3)17(13-16)23-20(25)7-5-6-11-24-21(26)14-19(29)22(24)27;1-2-3;2*1-2;2-1-3/h8-9,13,15,19,29H,4-7,10-12,14H2,1-3H3,(H,23,25);3H,2H2,1H3;2*1-2H3;1H,(H,2,3). The number of aliphatic hydroxyl groups excluding tert-OH is 1. The zero-order valence-electron chi connectivity index (χ0n) is 25.2. The van der Waals surface area contributed by atoms with Gasteiger partial charge in [-0.2, -0.15) is 12.6 Å². The lowest BCUT2D eigenvalue weighted by molar-refractivity contribution is -0.138. The summed E-state index contributed by atoms with van der Waals surface area (Å²) in [5.41, 5.74) is 1.82. The molecular weight excluding hydrogens is 520 g/mol. The summed E-state index contributed by atoms with van der Waals surface area (Å²) in [5.74, 6) is 0.721. The van der Waals surface area contributed by atoms with Gasteiger partial charge in [0.05, 0.1) is 17.5 Å². The Morgan fingerprint density at radius 2 is 1.74 bits per heavy atom. The van der Waals surface area contributed by atoms with Crippen LogP contribution in [0.15, 0.2) is 18.2 Å². The molecule has 3 amide bonds. The molecule has 1 unspecified atom stereocenters. The normalized spacial score (nSPS) is 13.4. The first-order valence-electron chi connectivity index (χ1n) is 13.9. The number of anilines is 1. The SMILES string of the molecule is CC.CC.CCO.CCc1ccc(OCCC(C)C)c(NC(=O)CCCCN2C(=O)CC(S)C2=O)c1.O=CO. The minimum atomic E-state index is -0.522. The maximum absolute atomic E-state index is 12.4. The number of carbonyl (C=O) groups is 4. The van der Waals surface area contributed by atoms with Gasteiger partial charge in [0, 0.05) is 26.0 Å². The quantitative estimate of drug-likeness (QED) is 0.118. The molecule has 2 rings (SSSR count). The number of aryl methyl sites for hydroxylation is 1. The molecule has 1 atom stereocenters. The van der Waals surface area contributed by atoms with Crippen LogP contribution in [0.2, 0.25) is 0 Å². The van der Waals surface area contributed by atoms with Gasteiger partial charge >= 0.3 is 0 Å². The minimum absolute atomic E-state index is 0.0990. The van der Waals surface area contributed by atoms with Crippen molar-refractivity contribution >= 4 is 42.5 Å². The number of imide groups is 1. The third-order valence-electron chi connectivity index (χ3n) is 4.93. The number of unbranched alkanes of at least 4 members (excludes halogenated alkanes) is 1. The van der Waals surface area contributed by atoms with Gasteiger partial charge in [-0.15, -0.1) is 0 Å². The highest BCUT2D eigenvalue weighted by Crippen LogP contribution is 2.27. The summed E-state index contributed by atoms with van der Waals surface area (Å²) in [6, 6.07) is 5.88. The summed E-state index contributed by atoms with van der Waals surface area (Å²) < 4.78 is 5.87. The molecule has 226 valence electrons. The van der Waals surface area contributed by atoms with Crippen LogP contribution in [0.25, 0.3) is 0 Å². The maximum Gasteiger partial charge on any atom is 0.290 e. The summed E-state index contributed by atoms with van der Waals surface area (Å²) >= 11 is 4.11. The van der Waals surface area contributed by atoms with E-state index in [0.717, 1.165) is 18.4 Å². The monoisotopic (exact) mass is 572 g/mol. The Morgan fingerprint density at radius 1 is 1.18 bits per heavy atom. The fourth-order valence-corrected chi connectivity index (χ4v) is 3.39. The third kappa shape index (κ3) is 19.2. The third-order valence-corrected chi connectivity index (χ3v) is 5.34. The molecule has 1 fully saturated rings. The molecule has 1 aliphatic heterocycles. The van der Waals surface area contributed by atoms with Crippen molar-refractivity contribution in [2.24, 2.45) is 5.92 Å². The molecule has 0 aliphatic carbocycles. The van der Waals surface area contributed by atoms with E-state index >= 15 is 0 Å². The number of likely N-dealkylation sites (tertiary alicyclic amines) is 1. The first-order valence-corrected chi connectivity index (χ1v) is 14.4. The number of nitrogens with one attached hydrogen (secondary N) is 1. The van der Waals surface area contributed by atoms with Crippen LogP contribution in [0.5, 0.6) is 5.75 Å². The average molecular weight is 573 g/mol. The van der Waals surface area contributed by atoms with E-state index in [-0.39, 0.29) is 37.2 Å². The van der Waals surface area contributed by atoms with Crippen molar-refractivity contribution in [3.8, 4) is 5.75 Å². The summed E-state index contributed by atoms with van der Waals surface area (Å²) in [5, 5.41) is 16.9. The van der Waals surface area contributed by atoms with E-state index in [9.17, 15) is 14.4 Å². The van der Waals surface area contributed by atoms with Gasteiger partial charge in [0.15, 0.2) is 0 Å². The first kappa shape index (κ1) is 40.9. The molecule has 3 N–H and O–H groups in total. The van der Waals surface area contributed by atoms with E-state index in [2.05, 4.69) is 38.7 Å². The van der Waals surface area contributed by atoms with Crippen LogP contribution in [0, 0.1) is 5.92 Å². The van der Waals surface area contributed by atoms with Gasteiger partial charge in [0.2, 0.25) is 17.7 Å². The number of aliphatic hydroxyl groups is 1. The zero-order valence-corrected chi connectivity index (χ0v) is 26.1. The van der Waals surface area contributed by atoms with Gasteiger partial charge < -0.3 is 20.3 Å². The molecule has 1 aliphatic rings. The highest BCUT2D eigenvalue weighted by molar-refractivity contribution is 7.81. The maximum atomic E-state index is 12.4. The van der Waals surface area contributed by atoms with Gasteiger partial charge in [0.1, 0.15) is 5.75 Å². The second kappa shape index (κ2) is 27.0. The lowest BCUT2D eigenvalue weighted by Gasteiger charge is -2.15. The molecule has 0 aromatic heterocycles. The second-order valence-corrected chi connectivity index (χ2v) is 8.87. The largest absolute Gasteiger partial charge is 0.491 e. The van der Waals surface area contributed by atoms with Crippen molar-refractivity contribution < 1.29 is 34.1 Å². The van der Waals surface area contributed by atoms with E-state index in [1.165, 1.54) is 4.90 Å². The first-order chi connectivity index (χ1) is 18.6. The number of benzene rings is 1. The molecule has 1 aromatic rings. The number of carbonyl (C=O) groups excluding carboxylic acids is 3. The summed E-state index contributed by atoms with van der Waals surface area (Å²) in [6.45, 7) is 17.0. The smallest absolute Gasteiger partial charge is 0.290 e. The predicted octanol–water partition coefficient (Wildman–Crippen LogP) is 5.59. The van der Waals surface area contributed by atoms with Crippen LogP contribution in [0.4, 0.5) is 5.69 Å². The van der Waals surface area contributed by atoms with Crippen molar-refractivity contribution in [3.05, 3.63) is 23.8 Å². The number of nitrogens with zero attached hydrogens (tertiary/aromatic N) is 1. The highest BCUT2D eigenvalue weighted by Gasteiger charge is 2.35. The fourth-order valence-electron chi connectivity index (χ4n) is 3.09. The highest BCUT2D eigenvalue weighted by atomic mass is 32.1. The summed E-state index contributed by atoms with van der Waals surface area (Å²) in [7, 11) is 0. The molecule has 0 radical (unpaired) electrons. The Bertz CT molecular complexity index is 804. The number of amides is 3. The lowest BCUT2D eigenvalue weighted by atomic mass is 10.1. The molecule has 10 heteroatoms. The Hall–Kier alpha value is -2.59. The fraction of sp³-hybridized carbons (Fsp3) is 0.655.